The average molecular weight is 303 g/mol. The van der Waals surface area contributed by atoms with E-state index in [1.165, 1.54) is 11.3 Å². The molecule has 1 heterocycles. The van der Waals surface area contributed by atoms with Crippen molar-refractivity contribution in [3.63, 3.8) is 0 Å². The Hall–Kier alpha value is -1.88. The first kappa shape index (κ1) is 15.5. The molecule has 4 nitrogen and oxygen atoms in total. The normalized spacial score (nSPS) is 11.3. The van der Waals surface area contributed by atoms with E-state index in [1.54, 1.807) is 0 Å². The third-order valence-corrected chi connectivity index (χ3v) is 4.14. The summed E-state index contributed by atoms with van der Waals surface area (Å²) in [7, 11) is 1.96. The largest absolute Gasteiger partial charge is 0.347 e. The van der Waals surface area contributed by atoms with Crippen molar-refractivity contribution < 1.29 is 4.79 Å². The van der Waals surface area contributed by atoms with E-state index in [1.807, 2.05) is 70.0 Å². The lowest BCUT2D eigenvalue weighted by Gasteiger charge is -2.20. The summed E-state index contributed by atoms with van der Waals surface area (Å²) in [6.07, 6.45) is 0. The SMILES string of the molecule is Cc1nc(N(C)c2ccccc2)sc1C(=O)NC(C)(C)C. The summed E-state index contributed by atoms with van der Waals surface area (Å²) >= 11 is 1.41. The molecule has 0 atom stereocenters. The monoisotopic (exact) mass is 303 g/mol. The first-order valence-electron chi connectivity index (χ1n) is 6.86. The molecule has 21 heavy (non-hydrogen) atoms. The van der Waals surface area contributed by atoms with Crippen molar-refractivity contribution in [1.29, 1.82) is 0 Å². The molecule has 0 spiro atoms. The molecule has 1 N–H and O–H groups in total. The van der Waals surface area contributed by atoms with Gasteiger partial charge in [0.2, 0.25) is 0 Å². The second kappa shape index (κ2) is 5.85. The van der Waals surface area contributed by atoms with Crippen LogP contribution in [0.25, 0.3) is 0 Å². The van der Waals surface area contributed by atoms with Crippen molar-refractivity contribution >= 4 is 28.1 Å². The number of nitrogens with zero attached hydrogens (tertiary/aromatic N) is 2. The van der Waals surface area contributed by atoms with Crippen molar-refractivity contribution in [2.24, 2.45) is 0 Å². The lowest BCUT2D eigenvalue weighted by molar-refractivity contribution is 0.0923. The number of nitrogens with one attached hydrogen (secondary N) is 1. The highest BCUT2D eigenvalue weighted by Crippen LogP contribution is 2.30. The molecule has 2 rings (SSSR count). The summed E-state index contributed by atoms with van der Waals surface area (Å²) in [5.41, 5.74) is 1.56. The van der Waals surface area contributed by atoms with Gasteiger partial charge in [-0.05, 0) is 39.8 Å². The highest BCUT2D eigenvalue weighted by atomic mass is 32.1. The molecule has 1 aromatic heterocycles. The van der Waals surface area contributed by atoms with Crippen LogP contribution < -0.4 is 10.2 Å². The minimum atomic E-state index is -0.251. The summed E-state index contributed by atoms with van der Waals surface area (Å²) in [5.74, 6) is -0.0646. The molecule has 0 unspecified atom stereocenters. The predicted molar refractivity (Wildman–Crippen MR) is 88.6 cm³/mol. The van der Waals surface area contributed by atoms with Crippen LogP contribution in [-0.4, -0.2) is 23.5 Å². The molecular weight excluding hydrogens is 282 g/mol. The average Bonchev–Trinajstić information content (AvgIpc) is 2.79. The van der Waals surface area contributed by atoms with Gasteiger partial charge in [0.15, 0.2) is 5.13 Å². The number of para-hydroxylation sites is 1. The molecule has 0 radical (unpaired) electrons. The van der Waals surface area contributed by atoms with E-state index < -0.39 is 0 Å². The van der Waals surface area contributed by atoms with Gasteiger partial charge in [0.1, 0.15) is 4.88 Å². The Balaban J connectivity index is 2.25. The first-order chi connectivity index (χ1) is 9.78. The molecule has 2 aromatic rings. The van der Waals surface area contributed by atoms with Gasteiger partial charge >= 0.3 is 0 Å². The summed E-state index contributed by atoms with van der Waals surface area (Å²) in [4.78, 5) is 19.5. The van der Waals surface area contributed by atoms with Crippen LogP contribution in [0.2, 0.25) is 0 Å². The molecule has 0 bridgehead atoms. The van der Waals surface area contributed by atoms with E-state index in [9.17, 15) is 4.79 Å². The molecule has 0 aliphatic rings. The lowest BCUT2D eigenvalue weighted by Crippen LogP contribution is -2.40. The van der Waals surface area contributed by atoms with Crippen molar-refractivity contribution in [2.75, 3.05) is 11.9 Å². The molecule has 0 aliphatic heterocycles. The molecule has 5 heteroatoms. The number of carbonyl (C=O) groups excluding carboxylic acids is 1. The smallest absolute Gasteiger partial charge is 0.263 e. The van der Waals surface area contributed by atoms with Crippen molar-refractivity contribution in [1.82, 2.24) is 10.3 Å². The van der Waals surface area contributed by atoms with Gasteiger partial charge in [-0.15, -0.1) is 0 Å². The van der Waals surface area contributed by atoms with Crippen LogP contribution in [0.4, 0.5) is 10.8 Å². The maximum Gasteiger partial charge on any atom is 0.263 e. The van der Waals surface area contributed by atoms with Gasteiger partial charge in [-0.3, -0.25) is 4.79 Å². The van der Waals surface area contributed by atoms with Crippen molar-refractivity contribution in [3.8, 4) is 0 Å². The topological polar surface area (TPSA) is 45.2 Å². The van der Waals surface area contributed by atoms with Gasteiger partial charge < -0.3 is 10.2 Å². The second-order valence-corrected chi connectivity index (χ2v) is 6.99. The Labute approximate surface area is 129 Å². The Bertz CT molecular complexity index is 629. The van der Waals surface area contributed by atoms with E-state index in [0.717, 1.165) is 16.5 Å². The number of benzene rings is 1. The number of aromatic nitrogens is 1. The van der Waals surface area contributed by atoms with E-state index >= 15 is 0 Å². The van der Waals surface area contributed by atoms with Gasteiger partial charge in [0.05, 0.1) is 5.69 Å². The van der Waals surface area contributed by atoms with Gasteiger partial charge in [-0.25, -0.2) is 4.98 Å². The highest BCUT2D eigenvalue weighted by molar-refractivity contribution is 7.17. The molecule has 0 aliphatic carbocycles. The van der Waals surface area contributed by atoms with E-state index in [2.05, 4.69) is 10.3 Å². The third-order valence-electron chi connectivity index (χ3n) is 2.91. The quantitative estimate of drug-likeness (QED) is 0.939. The van der Waals surface area contributed by atoms with Crippen LogP contribution in [0, 0.1) is 6.92 Å². The summed E-state index contributed by atoms with van der Waals surface area (Å²) in [6, 6.07) is 9.99. The number of hydrogen-bond donors (Lipinski definition) is 1. The fourth-order valence-electron chi connectivity index (χ4n) is 1.90. The van der Waals surface area contributed by atoms with E-state index in [0.29, 0.717) is 4.88 Å². The number of anilines is 2. The molecular formula is C16H21N3OS. The zero-order valence-corrected chi connectivity index (χ0v) is 13.9. The molecule has 112 valence electrons. The maximum atomic E-state index is 12.3. The number of hydrogen-bond acceptors (Lipinski definition) is 4. The van der Waals surface area contributed by atoms with Crippen LogP contribution in [0.1, 0.15) is 36.1 Å². The number of aryl methyl sites for hydroxylation is 1. The van der Waals surface area contributed by atoms with Crippen molar-refractivity contribution in [3.05, 3.63) is 40.9 Å². The summed E-state index contributed by atoms with van der Waals surface area (Å²) < 4.78 is 0. The minimum absolute atomic E-state index is 0.0646. The fraction of sp³-hybridized carbons (Fsp3) is 0.375. The molecule has 0 saturated carbocycles. The first-order valence-corrected chi connectivity index (χ1v) is 7.68. The van der Waals surface area contributed by atoms with E-state index in [-0.39, 0.29) is 11.4 Å². The van der Waals surface area contributed by atoms with Crippen LogP contribution in [0.15, 0.2) is 30.3 Å². The van der Waals surface area contributed by atoms with Gasteiger partial charge in [0.25, 0.3) is 5.91 Å². The summed E-state index contributed by atoms with van der Waals surface area (Å²) in [6.45, 7) is 7.78. The van der Waals surface area contributed by atoms with Gasteiger partial charge in [-0.1, -0.05) is 29.5 Å². The minimum Gasteiger partial charge on any atom is -0.347 e. The highest BCUT2D eigenvalue weighted by Gasteiger charge is 2.21. The van der Waals surface area contributed by atoms with Crippen LogP contribution in [0.5, 0.6) is 0 Å². The maximum absolute atomic E-state index is 12.3. The van der Waals surface area contributed by atoms with Gasteiger partial charge in [-0.2, -0.15) is 0 Å². The second-order valence-electron chi connectivity index (χ2n) is 6.01. The Morgan fingerprint density at radius 3 is 2.43 bits per heavy atom. The fourth-order valence-corrected chi connectivity index (χ4v) is 2.84. The third kappa shape index (κ3) is 3.82. The Kier molecular flexibility index (Phi) is 4.32. The standard InChI is InChI=1S/C16H21N3OS/c1-11-13(14(20)18-16(2,3)4)21-15(17-11)19(5)12-9-7-6-8-10-12/h6-10H,1-5H3,(H,18,20). The number of carbonyl (C=O) groups is 1. The van der Waals surface area contributed by atoms with E-state index in [4.69, 9.17) is 0 Å². The van der Waals surface area contributed by atoms with Crippen LogP contribution in [-0.2, 0) is 0 Å². The van der Waals surface area contributed by atoms with Gasteiger partial charge in [0, 0.05) is 18.3 Å². The summed E-state index contributed by atoms with van der Waals surface area (Å²) in [5, 5.41) is 3.80. The molecule has 1 amide bonds. The van der Waals surface area contributed by atoms with Crippen LogP contribution in [0.3, 0.4) is 0 Å². The molecule has 0 fully saturated rings. The van der Waals surface area contributed by atoms with Crippen molar-refractivity contribution in [2.45, 2.75) is 33.2 Å². The Morgan fingerprint density at radius 1 is 1.24 bits per heavy atom. The molecule has 0 saturated heterocycles. The number of thiazole rings is 1. The predicted octanol–water partition coefficient (Wildman–Crippen LogP) is 3.75. The van der Waals surface area contributed by atoms with Crippen LogP contribution >= 0.6 is 11.3 Å². The molecule has 1 aromatic carbocycles. The number of rotatable bonds is 3. The zero-order valence-electron chi connectivity index (χ0n) is 13.1. The Morgan fingerprint density at radius 2 is 1.86 bits per heavy atom. The number of amides is 1. The lowest BCUT2D eigenvalue weighted by atomic mass is 10.1. The zero-order chi connectivity index (χ0) is 15.6.